The van der Waals surface area contributed by atoms with E-state index in [1.165, 1.54) is 19.0 Å². The van der Waals surface area contributed by atoms with Crippen LogP contribution >= 0.6 is 0 Å². The van der Waals surface area contributed by atoms with Crippen molar-refractivity contribution in [1.29, 1.82) is 0 Å². The van der Waals surface area contributed by atoms with Gasteiger partial charge in [0.05, 0.1) is 11.2 Å². The second kappa shape index (κ2) is 17.4. The van der Waals surface area contributed by atoms with E-state index in [0.717, 1.165) is 22.7 Å². The van der Waals surface area contributed by atoms with Crippen LogP contribution < -0.4 is 26.0 Å². The first-order valence-corrected chi connectivity index (χ1v) is 21.3. The number of hydrogen-bond acceptors (Lipinski definition) is 9. The van der Waals surface area contributed by atoms with E-state index in [-0.39, 0.29) is 37.4 Å². The average Bonchev–Trinajstić information content (AvgIpc) is 3.42. The third-order valence-electron chi connectivity index (χ3n) is 10.5. The SMILES string of the molecule is CCNC(=O)Nc1cccc2c1nc(C[C@@H]1C[C@H]3C(=O)N[C@]4(C(=O)NS(=O)(=O)N(C)C)C[C@H]4C=CCCCCC[C@H](NC(=O)OC(C)(C)C)C(=O)N3C1)n2C(C)C. The highest BCUT2D eigenvalue weighted by atomic mass is 32.2. The van der Waals surface area contributed by atoms with Crippen LogP contribution in [0.25, 0.3) is 11.0 Å². The summed E-state index contributed by atoms with van der Waals surface area (Å²) in [7, 11) is -1.58. The van der Waals surface area contributed by atoms with Gasteiger partial charge in [-0.3, -0.25) is 14.4 Å². The number of alkyl carbamates (subject to hydrolysis) is 1. The lowest BCUT2D eigenvalue weighted by Gasteiger charge is -2.30. The van der Waals surface area contributed by atoms with Crippen molar-refractivity contribution in [1.82, 2.24) is 39.4 Å². The number of urea groups is 1. The zero-order chi connectivity index (χ0) is 41.9. The summed E-state index contributed by atoms with van der Waals surface area (Å²) in [4.78, 5) is 74.9. The van der Waals surface area contributed by atoms with Gasteiger partial charge in [0.1, 0.15) is 34.6 Å². The van der Waals surface area contributed by atoms with Gasteiger partial charge in [-0.2, -0.15) is 12.7 Å². The molecule has 1 aromatic carbocycles. The number of anilines is 1. The Balaban J connectivity index is 1.51. The van der Waals surface area contributed by atoms with E-state index in [4.69, 9.17) is 9.72 Å². The number of carbonyl (C=O) groups excluding carboxylic acids is 5. The molecule has 2 aliphatic heterocycles. The Morgan fingerprint density at radius 3 is 2.53 bits per heavy atom. The van der Waals surface area contributed by atoms with Crippen LogP contribution in [0.15, 0.2) is 30.4 Å². The Morgan fingerprint density at radius 2 is 1.86 bits per heavy atom. The molecule has 2 fully saturated rings. The van der Waals surface area contributed by atoms with E-state index in [1.807, 2.05) is 45.1 Å². The molecule has 314 valence electrons. The fraction of sp³-hybridized carbons (Fsp3) is 0.641. The number of rotatable bonds is 9. The van der Waals surface area contributed by atoms with Gasteiger partial charge in [0, 0.05) is 45.6 Å². The van der Waals surface area contributed by atoms with Gasteiger partial charge in [0.15, 0.2) is 0 Å². The minimum absolute atomic E-state index is 0.0272. The van der Waals surface area contributed by atoms with Gasteiger partial charge >= 0.3 is 22.3 Å². The number of amides is 6. The monoisotopic (exact) mass is 813 g/mol. The average molecular weight is 814 g/mol. The lowest BCUT2D eigenvalue weighted by molar-refractivity contribution is -0.141. The highest BCUT2D eigenvalue weighted by Gasteiger charge is 2.61. The predicted molar refractivity (Wildman–Crippen MR) is 215 cm³/mol. The first kappa shape index (κ1) is 43.4. The lowest BCUT2D eigenvalue weighted by Crippen LogP contribution is -2.58. The van der Waals surface area contributed by atoms with Crippen molar-refractivity contribution in [3.63, 3.8) is 0 Å². The fourth-order valence-electron chi connectivity index (χ4n) is 7.67. The summed E-state index contributed by atoms with van der Waals surface area (Å²) in [5.41, 5.74) is -0.406. The molecule has 1 aromatic heterocycles. The van der Waals surface area contributed by atoms with E-state index in [1.54, 1.807) is 26.8 Å². The van der Waals surface area contributed by atoms with Gasteiger partial charge in [0.25, 0.3) is 5.91 Å². The topological polar surface area (TPSA) is 213 Å². The number of imidazole rings is 1. The van der Waals surface area contributed by atoms with Crippen LogP contribution in [-0.2, 0) is 35.8 Å². The highest BCUT2D eigenvalue weighted by Crippen LogP contribution is 2.46. The lowest BCUT2D eigenvalue weighted by atomic mass is 10.0. The Bertz CT molecular complexity index is 1990. The molecular formula is C39H59N9O8S. The number of ether oxygens (including phenoxy) is 1. The molecule has 17 nitrogen and oxygen atoms in total. The number of nitrogens with zero attached hydrogens (tertiary/aromatic N) is 4. The quantitative estimate of drug-likeness (QED) is 0.233. The normalized spacial score (nSPS) is 24.6. The predicted octanol–water partition coefficient (Wildman–Crippen LogP) is 3.73. The second-order valence-electron chi connectivity index (χ2n) is 16.7. The molecule has 3 heterocycles. The Morgan fingerprint density at radius 1 is 1.12 bits per heavy atom. The van der Waals surface area contributed by atoms with Gasteiger partial charge in [0.2, 0.25) is 11.8 Å². The third-order valence-corrected chi connectivity index (χ3v) is 11.9. The molecule has 2 aromatic rings. The van der Waals surface area contributed by atoms with Crippen LogP contribution in [0.1, 0.15) is 98.4 Å². The molecule has 0 unspecified atom stereocenters. The Kier molecular flexibility index (Phi) is 13.3. The number of hydrogen-bond donors (Lipinski definition) is 5. The Labute approximate surface area is 335 Å². The smallest absolute Gasteiger partial charge is 0.408 e. The third kappa shape index (κ3) is 10.2. The number of nitrogens with one attached hydrogen (secondary N) is 5. The molecule has 1 aliphatic carbocycles. The van der Waals surface area contributed by atoms with Gasteiger partial charge < -0.3 is 35.5 Å². The van der Waals surface area contributed by atoms with Crippen molar-refractivity contribution in [2.24, 2.45) is 11.8 Å². The van der Waals surface area contributed by atoms with Gasteiger partial charge in [-0.05, 0) is 91.7 Å². The minimum atomic E-state index is -4.17. The first-order chi connectivity index (χ1) is 26.8. The fourth-order valence-corrected chi connectivity index (χ4v) is 8.27. The number of aromatic nitrogens is 2. The maximum atomic E-state index is 14.6. The molecule has 5 N–H and O–H groups in total. The number of para-hydroxylation sites is 1. The van der Waals surface area contributed by atoms with Crippen LogP contribution in [0, 0.1) is 11.8 Å². The van der Waals surface area contributed by atoms with Gasteiger partial charge in [-0.25, -0.2) is 19.3 Å². The van der Waals surface area contributed by atoms with E-state index in [2.05, 4.69) is 30.6 Å². The number of benzene rings is 1. The highest BCUT2D eigenvalue weighted by molar-refractivity contribution is 7.87. The second-order valence-corrected chi connectivity index (χ2v) is 18.6. The van der Waals surface area contributed by atoms with E-state index in [0.29, 0.717) is 49.3 Å². The summed E-state index contributed by atoms with van der Waals surface area (Å²) in [6.45, 7) is 11.7. The Hall–Kier alpha value is -4.71. The zero-order valence-electron chi connectivity index (χ0n) is 34.3. The van der Waals surface area contributed by atoms with Crippen LogP contribution in [0.4, 0.5) is 15.3 Å². The number of fused-ring (bicyclic) bond motifs is 3. The maximum absolute atomic E-state index is 14.6. The summed E-state index contributed by atoms with van der Waals surface area (Å²) in [5.74, 6) is -1.96. The van der Waals surface area contributed by atoms with Crippen molar-refractivity contribution in [3.05, 3.63) is 36.2 Å². The van der Waals surface area contributed by atoms with Crippen LogP contribution in [-0.4, -0.2) is 107 Å². The zero-order valence-corrected chi connectivity index (χ0v) is 35.1. The standard InChI is InChI=1S/C39H59N9O8S/c1-9-40-36(52)41-27-18-15-19-29-32(27)43-31(48(29)24(2)3)21-25-20-30-33(49)44-39(35(51)45-57(54,55)46(7)8)22-26(39)16-13-11-10-12-14-17-28(34(50)47(30)23-25)42-37(53)56-38(4,5)6/h13,15-16,18-19,24-26,28,30H,9-12,14,17,20-23H2,1-8H3,(H,42,53)(H,44,49)(H,45,51)(H2,40,41,52)/t25-,26+,28-,30-,39+/m0/s1. The first-order valence-electron chi connectivity index (χ1n) is 19.8. The van der Waals surface area contributed by atoms with Crippen LogP contribution in [0.2, 0.25) is 0 Å². The molecule has 0 bridgehead atoms. The molecule has 6 amide bonds. The molecule has 57 heavy (non-hydrogen) atoms. The molecule has 18 heteroatoms. The van der Waals surface area contributed by atoms with Crippen molar-refractivity contribution < 1.29 is 37.1 Å². The molecule has 5 rings (SSSR count). The van der Waals surface area contributed by atoms with Gasteiger partial charge in [-0.1, -0.05) is 31.1 Å². The molecule has 0 spiro atoms. The maximum Gasteiger partial charge on any atom is 0.408 e. The largest absolute Gasteiger partial charge is 0.444 e. The van der Waals surface area contributed by atoms with Crippen LogP contribution in [0.5, 0.6) is 0 Å². The number of allylic oxidation sites excluding steroid dienone is 1. The molecule has 5 atom stereocenters. The summed E-state index contributed by atoms with van der Waals surface area (Å²) in [5, 5.41) is 11.3. The molecule has 0 radical (unpaired) electrons. The molecule has 1 saturated heterocycles. The van der Waals surface area contributed by atoms with Crippen molar-refractivity contribution in [2.75, 3.05) is 32.5 Å². The van der Waals surface area contributed by atoms with E-state index < -0.39 is 63.2 Å². The molecule has 3 aliphatic rings. The van der Waals surface area contributed by atoms with E-state index >= 15 is 0 Å². The van der Waals surface area contributed by atoms with Crippen molar-refractivity contribution >= 4 is 56.8 Å². The summed E-state index contributed by atoms with van der Waals surface area (Å²) >= 11 is 0. The molecule has 1 saturated carbocycles. The summed E-state index contributed by atoms with van der Waals surface area (Å²) < 4.78 is 36.1. The van der Waals surface area contributed by atoms with Gasteiger partial charge in [-0.15, -0.1) is 0 Å². The minimum Gasteiger partial charge on any atom is -0.444 e. The molecular weight excluding hydrogens is 755 g/mol. The van der Waals surface area contributed by atoms with Crippen molar-refractivity contribution in [2.45, 2.75) is 122 Å². The van der Waals surface area contributed by atoms with E-state index in [9.17, 15) is 32.4 Å². The van der Waals surface area contributed by atoms with Crippen LogP contribution in [0.3, 0.4) is 0 Å². The summed E-state index contributed by atoms with van der Waals surface area (Å²) in [6, 6.07) is 3.12. The van der Waals surface area contributed by atoms with Crippen molar-refractivity contribution in [3.8, 4) is 0 Å². The summed E-state index contributed by atoms with van der Waals surface area (Å²) in [6.07, 6.45) is 6.94. The number of carbonyl (C=O) groups is 5.